The van der Waals surface area contributed by atoms with Crippen LogP contribution in [0.1, 0.15) is 24.0 Å². The number of carbonyl (C=O) groups excluding carboxylic acids is 1. The van der Waals surface area contributed by atoms with Gasteiger partial charge in [-0.3, -0.25) is 10.0 Å². The first-order valence-electron chi connectivity index (χ1n) is 11.4. The van der Waals surface area contributed by atoms with E-state index in [9.17, 15) is 19.3 Å². The van der Waals surface area contributed by atoms with E-state index in [2.05, 4.69) is 16.3 Å². The number of anilines is 1. The number of amides is 1. The number of nitrogens with one attached hydrogen (secondary N) is 2. The maximum Gasteiger partial charge on any atom is 0.266 e. The van der Waals surface area contributed by atoms with Crippen LogP contribution in [0.15, 0.2) is 18.2 Å². The van der Waals surface area contributed by atoms with Gasteiger partial charge in [-0.1, -0.05) is 0 Å². The maximum atomic E-state index is 13.8. The Bertz CT molecular complexity index is 920. The Morgan fingerprint density at radius 2 is 2.09 bits per heavy atom. The first kappa shape index (κ1) is 26.5. The first-order chi connectivity index (χ1) is 16.4. The number of hydroxylamine groups is 1. The Kier molecular flexibility index (Phi) is 9.38. The van der Waals surface area contributed by atoms with Crippen LogP contribution in [-0.2, 0) is 20.7 Å². The number of aryl methyl sites for hydroxylation is 1. The number of methoxy groups -OCH3 is 1. The van der Waals surface area contributed by atoms with E-state index in [1.807, 2.05) is 19.1 Å². The molecule has 0 aliphatic carbocycles. The van der Waals surface area contributed by atoms with Crippen molar-refractivity contribution in [3.63, 3.8) is 0 Å². The molecule has 12 heteroatoms. The molecule has 2 saturated heterocycles. The zero-order valence-electron chi connectivity index (χ0n) is 19.7. The van der Waals surface area contributed by atoms with Crippen LogP contribution in [0.5, 0.6) is 0 Å². The number of carbonyl (C=O) groups is 1. The van der Waals surface area contributed by atoms with Gasteiger partial charge in [0.05, 0.1) is 24.8 Å². The third-order valence-corrected chi connectivity index (χ3v) is 8.37. The molecule has 1 aromatic rings. The van der Waals surface area contributed by atoms with Gasteiger partial charge in [-0.15, -0.1) is 0 Å². The predicted molar refractivity (Wildman–Crippen MR) is 127 cm³/mol. The Morgan fingerprint density at radius 3 is 2.68 bits per heavy atom. The molecule has 34 heavy (non-hydrogen) atoms. The molecule has 2 heterocycles. The molecule has 4 N–H and O–H groups in total. The molecule has 3 atom stereocenters. The van der Waals surface area contributed by atoms with Crippen LogP contribution in [0.4, 0.5) is 5.69 Å². The molecule has 0 saturated carbocycles. The van der Waals surface area contributed by atoms with Crippen molar-refractivity contribution in [1.82, 2.24) is 19.4 Å². The van der Waals surface area contributed by atoms with Crippen molar-refractivity contribution in [1.29, 1.82) is 5.26 Å². The highest BCUT2D eigenvalue weighted by Crippen LogP contribution is 2.37. The largest absolute Gasteiger partial charge is 0.395 e. The van der Waals surface area contributed by atoms with E-state index in [1.165, 1.54) is 0 Å². The van der Waals surface area contributed by atoms with Crippen LogP contribution in [-0.4, -0.2) is 100 Å². The minimum Gasteiger partial charge on any atom is -0.395 e. The van der Waals surface area contributed by atoms with Gasteiger partial charge < -0.3 is 20.1 Å². The van der Waals surface area contributed by atoms with Gasteiger partial charge in [-0.25, -0.2) is 14.0 Å². The zero-order valence-corrected chi connectivity index (χ0v) is 20.5. The van der Waals surface area contributed by atoms with E-state index in [0.717, 1.165) is 11.3 Å². The van der Waals surface area contributed by atoms with Crippen molar-refractivity contribution in [3.8, 4) is 6.07 Å². The first-order valence-corrected chi connectivity index (χ1v) is 12.4. The summed E-state index contributed by atoms with van der Waals surface area (Å²) in [7, 11) is 1.58. The lowest BCUT2D eigenvalue weighted by Gasteiger charge is -2.42. The van der Waals surface area contributed by atoms with Crippen molar-refractivity contribution in [2.24, 2.45) is 0 Å². The summed E-state index contributed by atoms with van der Waals surface area (Å²) in [5, 5.41) is 31.7. The van der Waals surface area contributed by atoms with Gasteiger partial charge in [0.15, 0.2) is 11.2 Å². The standard InChI is InChI=1S/C22H34N6O5S/c1-17-13-18(14-23)3-4-20(17)26-8-10-27(11-9-26)34(32)28-19(15-29)5-6-22(28,21(30)25-31)16-24-7-12-33-2/h3-4,13,19,24,29,31H,5-12,15-16H2,1-2H3,(H,25,30). The molecule has 0 bridgehead atoms. The number of hydrogen-bond acceptors (Lipinski definition) is 8. The Morgan fingerprint density at radius 1 is 1.35 bits per heavy atom. The van der Waals surface area contributed by atoms with Gasteiger partial charge in [-0.05, 0) is 43.5 Å². The lowest BCUT2D eigenvalue weighted by Crippen LogP contribution is -2.65. The molecule has 3 rings (SSSR count). The molecule has 11 nitrogen and oxygen atoms in total. The van der Waals surface area contributed by atoms with Gasteiger partial charge in [0, 0.05) is 58.1 Å². The normalized spacial score (nSPS) is 24.7. The van der Waals surface area contributed by atoms with Gasteiger partial charge in [0.1, 0.15) is 5.54 Å². The number of aliphatic hydroxyl groups excluding tert-OH is 1. The van der Waals surface area contributed by atoms with Crippen molar-refractivity contribution in [2.75, 3.05) is 64.5 Å². The summed E-state index contributed by atoms with van der Waals surface area (Å²) >= 11 is -1.70. The number of piperazine rings is 1. The average Bonchev–Trinajstić information content (AvgIpc) is 3.25. The lowest BCUT2D eigenvalue weighted by atomic mass is 9.96. The van der Waals surface area contributed by atoms with Crippen LogP contribution in [0, 0.1) is 18.3 Å². The number of nitriles is 1. The van der Waals surface area contributed by atoms with Gasteiger partial charge >= 0.3 is 0 Å². The van der Waals surface area contributed by atoms with Crippen molar-refractivity contribution < 1.29 is 24.1 Å². The van der Waals surface area contributed by atoms with Crippen LogP contribution in [0.25, 0.3) is 0 Å². The van der Waals surface area contributed by atoms with Crippen LogP contribution in [0.2, 0.25) is 0 Å². The van der Waals surface area contributed by atoms with Crippen molar-refractivity contribution in [3.05, 3.63) is 29.3 Å². The summed E-state index contributed by atoms with van der Waals surface area (Å²) in [5.41, 5.74) is 3.14. The number of hydrogen-bond donors (Lipinski definition) is 4. The minimum absolute atomic E-state index is 0.162. The predicted octanol–water partition coefficient (Wildman–Crippen LogP) is -0.496. The van der Waals surface area contributed by atoms with E-state index in [0.29, 0.717) is 57.7 Å². The van der Waals surface area contributed by atoms with Crippen LogP contribution >= 0.6 is 0 Å². The van der Waals surface area contributed by atoms with Crippen molar-refractivity contribution in [2.45, 2.75) is 31.3 Å². The molecule has 1 amide bonds. The maximum absolute atomic E-state index is 13.8. The molecule has 1 aromatic carbocycles. The highest BCUT2D eigenvalue weighted by Gasteiger charge is 2.55. The Labute approximate surface area is 202 Å². The fourth-order valence-corrected chi connectivity index (χ4v) is 6.44. The molecule has 188 valence electrons. The number of aliphatic hydroxyl groups is 1. The second-order valence-corrected chi connectivity index (χ2v) is 9.97. The second kappa shape index (κ2) is 12.0. The number of benzene rings is 1. The Balaban J connectivity index is 1.75. The van der Waals surface area contributed by atoms with Gasteiger partial charge in [-0.2, -0.15) is 9.57 Å². The molecule has 2 fully saturated rings. The molecule has 0 aromatic heterocycles. The molecule has 2 aliphatic rings. The molecular weight excluding hydrogens is 460 g/mol. The summed E-state index contributed by atoms with van der Waals surface area (Å²) in [6.45, 7) is 5.06. The number of rotatable bonds is 10. The van der Waals surface area contributed by atoms with Gasteiger partial charge in [0.25, 0.3) is 5.91 Å². The lowest BCUT2D eigenvalue weighted by molar-refractivity contribution is -0.138. The van der Waals surface area contributed by atoms with Gasteiger partial charge in [0.2, 0.25) is 0 Å². The van der Waals surface area contributed by atoms with Crippen molar-refractivity contribution >= 4 is 22.8 Å². The minimum atomic E-state index is -1.70. The quantitative estimate of drug-likeness (QED) is 0.194. The monoisotopic (exact) mass is 494 g/mol. The molecule has 0 spiro atoms. The number of ether oxygens (including phenoxy) is 1. The summed E-state index contributed by atoms with van der Waals surface area (Å²) in [6, 6.07) is 7.26. The summed E-state index contributed by atoms with van der Waals surface area (Å²) in [4.78, 5) is 15.0. The smallest absolute Gasteiger partial charge is 0.266 e. The molecule has 0 radical (unpaired) electrons. The van der Waals surface area contributed by atoms with E-state index >= 15 is 0 Å². The van der Waals surface area contributed by atoms with E-state index in [4.69, 9.17) is 10.00 Å². The summed E-state index contributed by atoms with van der Waals surface area (Å²) in [6.07, 6.45) is 0.826. The third kappa shape index (κ3) is 5.41. The average molecular weight is 495 g/mol. The van der Waals surface area contributed by atoms with Crippen LogP contribution < -0.4 is 15.7 Å². The summed E-state index contributed by atoms with van der Waals surface area (Å²) in [5.74, 6) is -0.645. The number of nitrogens with zero attached hydrogens (tertiary/aromatic N) is 4. The SMILES string of the molecule is COCCNCC1(C(=O)NO)CCC(CO)N1S(=O)N1CCN(c2ccc(C#N)cc2C)CC1. The van der Waals surface area contributed by atoms with E-state index in [1.54, 1.807) is 27.3 Å². The topological polar surface area (TPSA) is 141 Å². The highest BCUT2D eigenvalue weighted by atomic mass is 32.2. The van der Waals surface area contributed by atoms with Crippen LogP contribution in [0.3, 0.4) is 0 Å². The van der Waals surface area contributed by atoms with E-state index in [-0.39, 0.29) is 13.2 Å². The fourth-order valence-electron chi connectivity index (χ4n) is 4.75. The van der Waals surface area contributed by atoms with E-state index < -0.39 is 28.7 Å². The Hall–Kier alpha value is -2.11. The third-order valence-electron chi connectivity index (χ3n) is 6.57. The molecule has 3 unspecified atom stereocenters. The fraction of sp³-hybridized carbons (Fsp3) is 0.636. The summed E-state index contributed by atoms with van der Waals surface area (Å²) < 4.78 is 22.2. The molecular formula is C22H34N6O5S. The molecule has 2 aliphatic heterocycles. The zero-order chi connectivity index (χ0) is 24.7. The second-order valence-electron chi connectivity index (χ2n) is 8.60. The highest BCUT2D eigenvalue weighted by molar-refractivity contribution is 7.80.